The Morgan fingerprint density at radius 1 is 1.24 bits per heavy atom. The van der Waals surface area contributed by atoms with Gasteiger partial charge in [-0.2, -0.15) is 4.99 Å². The van der Waals surface area contributed by atoms with Crippen LogP contribution >= 0.6 is 11.3 Å². The molecule has 29 heavy (non-hydrogen) atoms. The second-order valence-electron chi connectivity index (χ2n) is 6.16. The molecule has 150 valence electrons. The van der Waals surface area contributed by atoms with Gasteiger partial charge in [-0.05, 0) is 19.1 Å². The third kappa shape index (κ3) is 3.86. The van der Waals surface area contributed by atoms with Crippen LogP contribution in [0, 0.1) is 5.82 Å². The molecule has 0 aliphatic carbocycles. The van der Waals surface area contributed by atoms with E-state index in [0.717, 1.165) is 10.2 Å². The van der Waals surface area contributed by atoms with Gasteiger partial charge in [0.1, 0.15) is 5.82 Å². The molecule has 0 atom stereocenters. The molecular formula is C20H17FN2O5S. The molecule has 0 N–H and O–H groups in total. The van der Waals surface area contributed by atoms with Gasteiger partial charge in [0.05, 0.1) is 28.8 Å². The lowest BCUT2D eigenvalue weighted by Gasteiger charge is -2.06. The van der Waals surface area contributed by atoms with E-state index in [-0.39, 0.29) is 37.9 Å². The maximum atomic E-state index is 14.0. The summed E-state index contributed by atoms with van der Waals surface area (Å²) in [5.74, 6) is -0.511. The Morgan fingerprint density at radius 2 is 2.00 bits per heavy atom. The number of carbonyl (C=O) groups is 2. The van der Waals surface area contributed by atoms with Crippen molar-refractivity contribution < 1.29 is 28.2 Å². The Labute approximate surface area is 169 Å². The molecule has 0 unspecified atom stereocenters. The molecular weight excluding hydrogens is 399 g/mol. The first-order valence-electron chi connectivity index (χ1n) is 8.99. The quantitative estimate of drug-likeness (QED) is 0.597. The van der Waals surface area contributed by atoms with Gasteiger partial charge in [-0.3, -0.25) is 9.59 Å². The Kier molecular flexibility index (Phi) is 5.30. The van der Waals surface area contributed by atoms with Gasteiger partial charge in [-0.25, -0.2) is 4.39 Å². The fourth-order valence-corrected chi connectivity index (χ4v) is 4.04. The lowest BCUT2D eigenvalue weighted by molar-refractivity contribution is -0.143. The normalized spacial score (nSPS) is 13.1. The van der Waals surface area contributed by atoms with Crippen molar-refractivity contribution in [3.05, 3.63) is 52.6 Å². The Morgan fingerprint density at radius 3 is 2.76 bits per heavy atom. The van der Waals surface area contributed by atoms with Gasteiger partial charge >= 0.3 is 5.97 Å². The number of thiazole rings is 1. The largest absolute Gasteiger partial charge is 0.466 e. The number of nitrogens with zero attached hydrogens (tertiary/aromatic N) is 2. The van der Waals surface area contributed by atoms with Crippen molar-refractivity contribution in [2.24, 2.45) is 4.99 Å². The van der Waals surface area contributed by atoms with Crippen LogP contribution in [-0.2, 0) is 16.1 Å². The topological polar surface area (TPSA) is 79.1 Å². The lowest BCUT2D eigenvalue weighted by atomic mass is 10.2. The molecule has 0 bridgehead atoms. The molecule has 1 amide bonds. The zero-order valence-corrected chi connectivity index (χ0v) is 16.3. The van der Waals surface area contributed by atoms with E-state index in [0.29, 0.717) is 16.3 Å². The number of aromatic nitrogens is 1. The number of carbonyl (C=O) groups excluding carboxylic acids is 2. The first-order chi connectivity index (χ1) is 14.1. The van der Waals surface area contributed by atoms with Crippen LogP contribution in [0.25, 0.3) is 10.2 Å². The summed E-state index contributed by atoms with van der Waals surface area (Å²) in [4.78, 5) is 28.9. The van der Waals surface area contributed by atoms with Crippen LogP contribution in [0.5, 0.6) is 11.5 Å². The molecule has 0 saturated heterocycles. The molecule has 9 heteroatoms. The van der Waals surface area contributed by atoms with Crippen molar-refractivity contribution >= 4 is 33.4 Å². The standard InChI is InChI=1S/C20H17FN2O5S/c1-2-26-18(24)7-8-23-14-9-15-16(28-11-27-15)10-17(14)29-20(23)22-19(25)12-5-3-4-6-13(12)21/h3-6,9-10H,2,7-8,11H2,1H3. The second kappa shape index (κ2) is 8.04. The van der Waals surface area contributed by atoms with Crippen molar-refractivity contribution in [3.63, 3.8) is 0 Å². The van der Waals surface area contributed by atoms with E-state index in [2.05, 4.69) is 4.99 Å². The van der Waals surface area contributed by atoms with E-state index in [9.17, 15) is 14.0 Å². The molecule has 0 saturated carbocycles. The second-order valence-corrected chi connectivity index (χ2v) is 7.17. The minimum absolute atomic E-state index is 0.106. The molecule has 2 aromatic carbocycles. The summed E-state index contributed by atoms with van der Waals surface area (Å²) >= 11 is 1.25. The van der Waals surface area contributed by atoms with E-state index in [4.69, 9.17) is 14.2 Å². The third-order valence-corrected chi connectivity index (χ3v) is 5.36. The van der Waals surface area contributed by atoms with Crippen LogP contribution in [0.15, 0.2) is 41.4 Å². The maximum absolute atomic E-state index is 14.0. The first-order valence-corrected chi connectivity index (χ1v) is 9.80. The number of hydrogen-bond acceptors (Lipinski definition) is 6. The fraction of sp³-hybridized carbons (Fsp3) is 0.250. The molecule has 3 aromatic rings. The summed E-state index contributed by atoms with van der Waals surface area (Å²) < 4.78 is 32.3. The summed E-state index contributed by atoms with van der Waals surface area (Å²) in [6.45, 7) is 2.41. The van der Waals surface area contributed by atoms with E-state index < -0.39 is 11.7 Å². The van der Waals surface area contributed by atoms with Crippen molar-refractivity contribution in [3.8, 4) is 11.5 Å². The Hall–Kier alpha value is -3.20. The zero-order valence-electron chi connectivity index (χ0n) is 15.5. The third-order valence-electron chi connectivity index (χ3n) is 4.32. The smallest absolute Gasteiger partial charge is 0.307 e. The fourth-order valence-electron chi connectivity index (χ4n) is 2.98. The van der Waals surface area contributed by atoms with Gasteiger partial charge < -0.3 is 18.8 Å². The van der Waals surface area contributed by atoms with Crippen LogP contribution < -0.4 is 14.3 Å². The van der Waals surface area contributed by atoms with Crippen molar-refractivity contribution in [2.75, 3.05) is 13.4 Å². The predicted octanol–water partition coefficient (Wildman–Crippen LogP) is 3.26. The van der Waals surface area contributed by atoms with Gasteiger partial charge in [0, 0.05) is 18.7 Å². The van der Waals surface area contributed by atoms with Crippen LogP contribution in [0.3, 0.4) is 0 Å². The molecule has 1 aliphatic rings. The van der Waals surface area contributed by atoms with Gasteiger partial charge in [-0.15, -0.1) is 0 Å². The highest BCUT2D eigenvalue weighted by Gasteiger charge is 2.19. The highest BCUT2D eigenvalue weighted by atomic mass is 32.1. The molecule has 1 aliphatic heterocycles. The van der Waals surface area contributed by atoms with Crippen LogP contribution in [0.4, 0.5) is 4.39 Å². The molecule has 0 radical (unpaired) electrons. The number of hydrogen-bond donors (Lipinski definition) is 0. The summed E-state index contributed by atoms with van der Waals surface area (Å²) in [5, 5.41) is 0. The summed E-state index contributed by atoms with van der Waals surface area (Å²) in [5.41, 5.74) is 0.625. The highest BCUT2D eigenvalue weighted by Crippen LogP contribution is 2.37. The van der Waals surface area contributed by atoms with E-state index in [1.54, 1.807) is 29.7 Å². The number of benzene rings is 2. The van der Waals surface area contributed by atoms with Crippen molar-refractivity contribution in [1.29, 1.82) is 0 Å². The molecule has 2 heterocycles. The van der Waals surface area contributed by atoms with Crippen LogP contribution in [0.1, 0.15) is 23.7 Å². The number of ether oxygens (including phenoxy) is 3. The summed E-state index contributed by atoms with van der Waals surface area (Å²) in [6, 6.07) is 9.26. The van der Waals surface area contributed by atoms with E-state index >= 15 is 0 Å². The number of rotatable bonds is 5. The highest BCUT2D eigenvalue weighted by molar-refractivity contribution is 7.16. The van der Waals surface area contributed by atoms with Crippen molar-refractivity contribution in [2.45, 2.75) is 19.9 Å². The zero-order chi connectivity index (χ0) is 20.4. The van der Waals surface area contributed by atoms with Gasteiger partial charge in [0.15, 0.2) is 16.3 Å². The average Bonchev–Trinajstić information content (AvgIpc) is 3.28. The number of amides is 1. The lowest BCUT2D eigenvalue weighted by Crippen LogP contribution is -2.19. The first kappa shape index (κ1) is 19.1. The number of halogens is 1. The monoisotopic (exact) mass is 416 g/mol. The SMILES string of the molecule is CCOC(=O)CCn1c(=NC(=O)c2ccccc2F)sc2cc3c(cc21)OCO3. The Bertz CT molecular complexity index is 1170. The average molecular weight is 416 g/mol. The van der Waals surface area contributed by atoms with Crippen LogP contribution in [-0.4, -0.2) is 29.8 Å². The van der Waals surface area contributed by atoms with Gasteiger partial charge in [0.25, 0.3) is 5.91 Å². The summed E-state index contributed by atoms with van der Waals surface area (Å²) in [7, 11) is 0. The molecule has 0 spiro atoms. The Balaban J connectivity index is 1.79. The maximum Gasteiger partial charge on any atom is 0.307 e. The predicted molar refractivity (Wildman–Crippen MR) is 103 cm³/mol. The van der Waals surface area contributed by atoms with Gasteiger partial charge in [-0.1, -0.05) is 23.5 Å². The van der Waals surface area contributed by atoms with Crippen LogP contribution in [0.2, 0.25) is 0 Å². The molecule has 0 fully saturated rings. The number of fused-ring (bicyclic) bond motifs is 2. The number of esters is 1. The van der Waals surface area contributed by atoms with E-state index in [1.165, 1.54) is 29.5 Å². The molecule has 7 nitrogen and oxygen atoms in total. The minimum atomic E-state index is -0.695. The molecule has 1 aromatic heterocycles. The minimum Gasteiger partial charge on any atom is -0.466 e. The van der Waals surface area contributed by atoms with Gasteiger partial charge in [0.2, 0.25) is 6.79 Å². The van der Waals surface area contributed by atoms with Crippen molar-refractivity contribution in [1.82, 2.24) is 4.57 Å². The summed E-state index contributed by atoms with van der Waals surface area (Å²) in [6.07, 6.45) is 0.106. The molecule has 4 rings (SSSR count). The van der Waals surface area contributed by atoms with E-state index in [1.807, 2.05) is 0 Å². The number of aryl methyl sites for hydroxylation is 1.